The number of hydrogen-bond acceptors (Lipinski definition) is 8. The van der Waals surface area contributed by atoms with Crippen LogP contribution in [0.3, 0.4) is 0 Å². The average molecular weight is 560 g/mol. The zero-order valence-corrected chi connectivity index (χ0v) is 22.9. The number of halogens is 1. The third-order valence-electron chi connectivity index (χ3n) is 6.08. The van der Waals surface area contributed by atoms with Crippen LogP contribution in [-0.2, 0) is 10.0 Å². The average Bonchev–Trinajstić information content (AvgIpc) is 3.53. The number of allylic oxidation sites excluding steroid dienone is 1. The number of sulfonamides is 1. The fraction of sp³-hybridized carbons (Fsp3) is 0.360. The number of likely N-dealkylation sites (tertiary alicyclic amines) is 1. The molecule has 1 fully saturated rings. The van der Waals surface area contributed by atoms with Crippen LogP contribution in [-0.4, -0.2) is 73.3 Å². The fourth-order valence-electron chi connectivity index (χ4n) is 4.28. The Balaban J connectivity index is 1.75. The van der Waals surface area contributed by atoms with Gasteiger partial charge in [-0.1, -0.05) is 6.07 Å². The number of nitrogens with zero attached hydrogens (tertiary/aromatic N) is 6. The van der Waals surface area contributed by atoms with E-state index in [1.54, 1.807) is 42.2 Å². The van der Waals surface area contributed by atoms with Crippen LogP contribution in [0, 0.1) is 6.92 Å². The van der Waals surface area contributed by atoms with Gasteiger partial charge >= 0.3 is 0 Å². The first-order chi connectivity index (χ1) is 18.7. The minimum atomic E-state index is -4.01. The van der Waals surface area contributed by atoms with Gasteiger partial charge < -0.3 is 18.8 Å². The number of furan rings is 1. The number of guanidine groups is 1. The number of aromatic nitrogens is 3. The van der Waals surface area contributed by atoms with Gasteiger partial charge in [-0.3, -0.25) is 9.29 Å². The molecule has 1 atom stereocenters. The Hall–Kier alpha value is -4.20. The molecular formula is C25H30FN7O5S. The summed E-state index contributed by atoms with van der Waals surface area (Å²) in [6.07, 6.45) is 1.94. The molecule has 1 aliphatic rings. The normalized spacial score (nSPS) is 16.7. The number of para-hydroxylation sites is 1. The maximum atomic E-state index is 13.7. The first-order valence-electron chi connectivity index (χ1n) is 12.1. The molecule has 1 aromatic carbocycles. The van der Waals surface area contributed by atoms with Crippen LogP contribution in [0.5, 0.6) is 11.5 Å². The van der Waals surface area contributed by atoms with Gasteiger partial charge in [0.2, 0.25) is 27.8 Å². The van der Waals surface area contributed by atoms with Crippen molar-refractivity contribution < 1.29 is 26.7 Å². The van der Waals surface area contributed by atoms with E-state index in [0.717, 1.165) is 6.20 Å². The molecule has 14 heteroatoms. The maximum Gasteiger partial charge on any atom is 0.243 e. The smallest absolute Gasteiger partial charge is 0.243 e. The molecule has 3 aromatic rings. The van der Waals surface area contributed by atoms with Gasteiger partial charge in [-0.15, -0.1) is 10.2 Å². The first-order valence-corrected chi connectivity index (χ1v) is 13.6. The summed E-state index contributed by atoms with van der Waals surface area (Å²) in [5.41, 5.74) is 0.387. The molecule has 2 aromatic heterocycles. The number of nitrogens with one attached hydrogen (secondary N) is 1. The Kier molecular flexibility index (Phi) is 8.33. The minimum absolute atomic E-state index is 0.0721. The zero-order chi connectivity index (χ0) is 28.2. The van der Waals surface area contributed by atoms with Crippen LogP contribution in [0.2, 0.25) is 0 Å². The number of hydrogen-bond donors (Lipinski definition) is 1. The number of piperidine rings is 1. The van der Waals surface area contributed by atoms with Gasteiger partial charge in [0.05, 0.1) is 25.7 Å². The van der Waals surface area contributed by atoms with Crippen LogP contribution in [0.25, 0.3) is 17.3 Å². The first kappa shape index (κ1) is 27.8. The third kappa shape index (κ3) is 5.95. The minimum Gasteiger partial charge on any atom is -0.494 e. The number of anilines is 1. The SMILES string of the molecule is C=N/C(=N\C=C(/C)F)N1CCC[C@H](S(=O)(=O)Nc2nnc(-c3ccc(C)o3)n2-c2c(OC)cccc2OC)C1. The highest BCUT2D eigenvalue weighted by molar-refractivity contribution is 7.93. The van der Waals surface area contributed by atoms with Gasteiger partial charge in [0.1, 0.15) is 28.8 Å². The van der Waals surface area contributed by atoms with Crippen molar-refractivity contribution >= 4 is 28.6 Å². The van der Waals surface area contributed by atoms with E-state index in [-0.39, 0.29) is 24.3 Å². The predicted octanol–water partition coefficient (Wildman–Crippen LogP) is 3.95. The van der Waals surface area contributed by atoms with Gasteiger partial charge in [0.25, 0.3) is 0 Å². The van der Waals surface area contributed by atoms with Crippen molar-refractivity contribution in [3.63, 3.8) is 0 Å². The molecule has 1 saturated heterocycles. The van der Waals surface area contributed by atoms with Crippen LogP contribution in [0.1, 0.15) is 25.5 Å². The van der Waals surface area contributed by atoms with Gasteiger partial charge in [-0.05, 0) is 57.7 Å². The number of ether oxygens (including phenoxy) is 2. The lowest BCUT2D eigenvalue weighted by atomic mass is 10.1. The molecule has 39 heavy (non-hydrogen) atoms. The van der Waals surface area contributed by atoms with Crippen molar-refractivity contribution in [1.29, 1.82) is 0 Å². The molecule has 0 bridgehead atoms. The lowest BCUT2D eigenvalue weighted by Gasteiger charge is -2.32. The van der Waals surface area contributed by atoms with E-state index in [0.29, 0.717) is 48.1 Å². The highest BCUT2D eigenvalue weighted by Crippen LogP contribution is 2.38. The van der Waals surface area contributed by atoms with Crippen molar-refractivity contribution in [3.8, 4) is 28.8 Å². The Morgan fingerprint density at radius 2 is 1.95 bits per heavy atom. The second kappa shape index (κ2) is 11.7. The summed E-state index contributed by atoms with van der Waals surface area (Å²) in [5, 5.41) is 7.55. The molecule has 0 unspecified atom stereocenters. The zero-order valence-electron chi connectivity index (χ0n) is 22.1. The molecule has 0 radical (unpaired) electrons. The number of benzene rings is 1. The van der Waals surface area contributed by atoms with E-state index < -0.39 is 21.1 Å². The monoisotopic (exact) mass is 559 g/mol. The maximum absolute atomic E-state index is 13.7. The summed E-state index contributed by atoms with van der Waals surface area (Å²) in [6, 6.07) is 8.65. The fourth-order valence-corrected chi connectivity index (χ4v) is 5.69. The van der Waals surface area contributed by atoms with E-state index in [1.807, 2.05) is 0 Å². The van der Waals surface area contributed by atoms with Crippen LogP contribution < -0.4 is 14.2 Å². The van der Waals surface area contributed by atoms with Gasteiger partial charge in [0, 0.05) is 13.1 Å². The molecule has 208 valence electrons. The standard InChI is InChI=1S/C25H30FN7O5S/c1-16(26)14-28-24(27-3)32-13-7-8-18(15-32)39(34,35)31-25-30-29-23(21-12-11-17(2)38-21)33(25)22-19(36-4)9-6-10-20(22)37-5/h6,9-12,14,18H,3,7-8,13,15H2,1-2,4-5H3,(H,30,31)/b16-14+,28-24+/t18-/m0/s1. The molecule has 4 rings (SSSR count). The van der Waals surface area contributed by atoms with Gasteiger partial charge in [-0.2, -0.15) is 0 Å². The third-order valence-corrected chi connectivity index (χ3v) is 7.81. The number of methoxy groups -OCH3 is 2. The van der Waals surface area contributed by atoms with E-state index in [9.17, 15) is 12.8 Å². The molecular weight excluding hydrogens is 529 g/mol. The van der Waals surface area contributed by atoms with Crippen molar-refractivity contribution in [2.24, 2.45) is 9.98 Å². The lowest BCUT2D eigenvalue weighted by Crippen LogP contribution is -2.46. The lowest BCUT2D eigenvalue weighted by molar-refractivity contribution is 0.339. The van der Waals surface area contributed by atoms with E-state index in [1.165, 1.54) is 25.7 Å². The van der Waals surface area contributed by atoms with Crippen molar-refractivity contribution in [1.82, 2.24) is 19.7 Å². The summed E-state index contributed by atoms with van der Waals surface area (Å²) in [4.78, 5) is 9.50. The molecule has 1 N–H and O–H groups in total. The molecule has 0 spiro atoms. The number of aliphatic imine (C=N–C) groups is 2. The quantitative estimate of drug-likeness (QED) is 0.324. The van der Waals surface area contributed by atoms with Crippen LogP contribution >= 0.6 is 0 Å². The summed E-state index contributed by atoms with van der Waals surface area (Å²) in [7, 11) is -1.02. The Labute approximate surface area is 225 Å². The molecule has 1 aliphatic heterocycles. The van der Waals surface area contributed by atoms with Gasteiger partial charge in [0.15, 0.2) is 5.76 Å². The Morgan fingerprint density at radius 1 is 1.23 bits per heavy atom. The van der Waals surface area contributed by atoms with E-state index >= 15 is 0 Å². The van der Waals surface area contributed by atoms with Gasteiger partial charge in [-0.25, -0.2) is 22.8 Å². The van der Waals surface area contributed by atoms with Crippen molar-refractivity contribution in [2.45, 2.75) is 31.9 Å². The molecule has 0 aliphatic carbocycles. The summed E-state index contributed by atoms with van der Waals surface area (Å²) < 4.78 is 61.5. The van der Waals surface area contributed by atoms with Crippen molar-refractivity contribution in [2.75, 3.05) is 32.0 Å². The molecule has 3 heterocycles. The topological polar surface area (TPSA) is 136 Å². The largest absolute Gasteiger partial charge is 0.494 e. The van der Waals surface area contributed by atoms with E-state index in [2.05, 4.69) is 31.6 Å². The van der Waals surface area contributed by atoms with Crippen LogP contribution in [0.4, 0.5) is 10.3 Å². The molecule has 0 saturated carbocycles. The predicted molar refractivity (Wildman–Crippen MR) is 146 cm³/mol. The van der Waals surface area contributed by atoms with Crippen LogP contribution in [0.15, 0.2) is 56.8 Å². The number of aryl methyl sites for hydroxylation is 1. The number of rotatable bonds is 8. The highest BCUT2D eigenvalue weighted by atomic mass is 32.2. The van der Waals surface area contributed by atoms with Crippen molar-refractivity contribution in [3.05, 3.63) is 48.1 Å². The Morgan fingerprint density at radius 3 is 2.54 bits per heavy atom. The second-order valence-corrected chi connectivity index (χ2v) is 10.7. The summed E-state index contributed by atoms with van der Waals surface area (Å²) in [6.45, 7) is 7.10. The Bertz CT molecular complexity index is 1490. The molecule has 12 nitrogen and oxygen atoms in total. The van der Waals surface area contributed by atoms with E-state index in [4.69, 9.17) is 13.9 Å². The summed E-state index contributed by atoms with van der Waals surface area (Å²) >= 11 is 0. The second-order valence-electron chi connectivity index (χ2n) is 8.76. The highest BCUT2D eigenvalue weighted by Gasteiger charge is 2.34. The summed E-state index contributed by atoms with van der Waals surface area (Å²) in [5.74, 6) is 1.61. The molecule has 0 amide bonds.